The first-order valence-electron chi connectivity index (χ1n) is 8.41. The maximum Gasteiger partial charge on any atom is 0.150 e. The molecule has 1 atom stereocenters. The Bertz CT molecular complexity index is 593. The van der Waals surface area contributed by atoms with Crippen molar-refractivity contribution < 1.29 is 4.79 Å². The summed E-state index contributed by atoms with van der Waals surface area (Å²) in [7, 11) is 0. The molecule has 0 bridgehead atoms. The number of hydrogen-bond acceptors (Lipinski definition) is 2. The molecular formula is C20H25NO. The van der Waals surface area contributed by atoms with E-state index in [1.807, 2.05) is 12.1 Å². The third-order valence-corrected chi connectivity index (χ3v) is 5.05. The summed E-state index contributed by atoms with van der Waals surface area (Å²) >= 11 is 0. The zero-order valence-electron chi connectivity index (χ0n) is 13.4. The van der Waals surface area contributed by atoms with Crippen molar-refractivity contribution in [3.05, 3.63) is 59.2 Å². The van der Waals surface area contributed by atoms with Crippen molar-refractivity contribution in [2.45, 2.75) is 44.6 Å². The van der Waals surface area contributed by atoms with Crippen LogP contribution in [0.4, 0.5) is 0 Å². The molecule has 0 amide bonds. The highest BCUT2D eigenvalue weighted by Crippen LogP contribution is 2.39. The minimum absolute atomic E-state index is 0.0805. The fraction of sp³-hybridized carbons (Fsp3) is 0.450. The van der Waals surface area contributed by atoms with Crippen molar-refractivity contribution in [2.24, 2.45) is 0 Å². The Morgan fingerprint density at radius 1 is 1.14 bits per heavy atom. The van der Waals surface area contributed by atoms with Crippen LogP contribution >= 0.6 is 0 Å². The summed E-state index contributed by atoms with van der Waals surface area (Å²) < 4.78 is 0. The molecule has 0 saturated carbocycles. The predicted molar refractivity (Wildman–Crippen MR) is 91.1 cm³/mol. The molecule has 1 aromatic carbocycles. The molecule has 0 spiro atoms. The summed E-state index contributed by atoms with van der Waals surface area (Å²) in [6, 6.07) is 8.14. The molecule has 3 rings (SSSR count). The molecule has 1 aliphatic heterocycles. The van der Waals surface area contributed by atoms with Crippen LogP contribution in [0.3, 0.4) is 0 Å². The van der Waals surface area contributed by atoms with Crippen molar-refractivity contribution >= 4 is 6.29 Å². The number of rotatable bonds is 3. The summed E-state index contributed by atoms with van der Waals surface area (Å²) in [4.78, 5) is 13.8. The Morgan fingerprint density at radius 2 is 1.91 bits per heavy atom. The highest BCUT2D eigenvalue weighted by Gasteiger charge is 2.36. The second-order valence-corrected chi connectivity index (χ2v) is 6.55. The summed E-state index contributed by atoms with van der Waals surface area (Å²) in [6.45, 7) is 4.44. The van der Waals surface area contributed by atoms with E-state index in [9.17, 15) is 4.79 Å². The molecule has 1 heterocycles. The lowest BCUT2D eigenvalue weighted by Gasteiger charge is -2.43. The van der Waals surface area contributed by atoms with Crippen LogP contribution < -0.4 is 0 Å². The minimum Gasteiger partial charge on any atom is -0.298 e. The molecule has 1 fully saturated rings. The van der Waals surface area contributed by atoms with E-state index in [0.29, 0.717) is 0 Å². The molecule has 0 radical (unpaired) electrons. The van der Waals surface area contributed by atoms with Crippen LogP contribution in [0.25, 0.3) is 0 Å². The van der Waals surface area contributed by atoms with Gasteiger partial charge in [-0.2, -0.15) is 0 Å². The van der Waals surface area contributed by atoms with Crippen molar-refractivity contribution in [1.82, 2.24) is 4.90 Å². The van der Waals surface area contributed by atoms with Crippen LogP contribution in [-0.2, 0) is 5.54 Å². The number of allylic oxidation sites excluding steroid dienone is 2. The number of benzene rings is 1. The van der Waals surface area contributed by atoms with Gasteiger partial charge >= 0.3 is 0 Å². The Morgan fingerprint density at radius 3 is 2.55 bits per heavy atom. The molecule has 0 N–H and O–H groups in total. The summed E-state index contributed by atoms with van der Waals surface area (Å²) in [5, 5.41) is 0. The summed E-state index contributed by atoms with van der Waals surface area (Å²) in [5.41, 5.74) is 3.27. The first kappa shape index (κ1) is 15.2. The lowest BCUT2D eigenvalue weighted by atomic mass is 9.80. The molecule has 1 aromatic rings. The van der Waals surface area contributed by atoms with E-state index in [1.165, 1.54) is 36.8 Å². The standard InChI is InChI=1S/C20H25NO/c1-17-9-11-20(12-10-17,21-13-4-2-3-5-14-21)19-8-6-7-18(15-19)16-22/h6-11,15-16H,2-5,12-14H2,1H3. The van der Waals surface area contributed by atoms with E-state index in [-0.39, 0.29) is 5.54 Å². The number of hydrogen-bond donors (Lipinski definition) is 0. The summed E-state index contributed by atoms with van der Waals surface area (Å²) in [5.74, 6) is 0. The van der Waals surface area contributed by atoms with E-state index in [2.05, 4.69) is 42.2 Å². The van der Waals surface area contributed by atoms with E-state index in [0.717, 1.165) is 31.4 Å². The number of carbonyl (C=O) groups is 1. The van der Waals surface area contributed by atoms with Crippen molar-refractivity contribution in [3.8, 4) is 0 Å². The van der Waals surface area contributed by atoms with Gasteiger partial charge in [-0.25, -0.2) is 0 Å². The van der Waals surface area contributed by atoms with E-state index in [1.54, 1.807) is 0 Å². The van der Waals surface area contributed by atoms with Gasteiger partial charge in [-0.05, 0) is 50.9 Å². The second kappa shape index (κ2) is 6.62. The molecule has 2 nitrogen and oxygen atoms in total. The zero-order valence-corrected chi connectivity index (χ0v) is 13.4. The van der Waals surface area contributed by atoms with Gasteiger partial charge in [0.25, 0.3) is 0 Å². The molecular weight excluding hydrogens is 270 g/mol. The first-order valence-corrected chi connectivity index (χ1v) is 8.41. The molecule has 1 aliphatic carbocycles. The largest absolute Gasteiger partial charge is 0.298 e. The van der Waals surface area contributed by atoms with Gasteiger partial charge in [-0.3, -0.25) is 9.69 Å². The van der Waals surface area contributed by atoms with Gasteiger partial charge in [-0.1, -0.05) is 54.8 Å². The van der Waals surface area contributed by atoms with Gasteiger partial charge in [0.05, 0.1) is 5.54 Å². The van der Waals surface area contributed by atoms with Gasteiger partial charge in [0.1, 0.15) is 6.29 Å². The smallest absolute Gasteiger partial charge is 0.150 e. The molecule has 1 unspecified atom stereocenters. The Kier molecular flexibility index (Phi) is 4.58. The quantitative estimate of drug-likeness (QED) is 0.766. The number of aldehydes is 1. The maximum atomic E-state index is 11.2. The predicted octanol–water partition coefficient (Wildman–Crippen LogP) is 4.48. The van der Waals surface area contributed by atoms with Crippen molar-refractivity contribution in [3.63, 3.8) is 0 Å². The number of carbonyl (C=O) groups excluding carboxylic acids is 1. The topological polar surface area (TPSA) is 20.3 Å². The molecule has 22 heavy (non-hydrogen) atoms. The van der Waals surface area contributed by atoms with Crippen LogP contribution in [0.5, 0.6) is 0 Å². The van der Waals surface area contributed by atoms with Gasteiger partial charge in [-0.15, -0.1) is 0 Å². The van der Waals surface area contributed by atoms with Crippen LogP contribution in [0.2, 0.25) is 0 Å². The Labute approximate surface area is 133 Å². The van der Waals surface area contributed by atoms with E-state index in [4.69, 9.17) is 0 Å². The third kappa shape index (κ3) is 2.93. The average molecular weight is 295 g/mol. The Hall–Kier alpha value is -1.67. The normalized spacial score (nSPS) is 26.3. The van der Waals surface area contributed by atoms with E-state index >= 15 is 0 Å². The van der Waals surface area contributed by atoms with Crippen molar-refractivity contribution in [2.75, 3.05) is 13.1 Å². The highest BCUT2D eigenvalue weighted by atomic mass is 16.1. The Balaban J connectivity index is 2.02. The fourth-order valence-corrected chi connectivity index (χ4v) is 3.70. The second-order valence-electron chi connectivity index (χ2n) is 6.55. The number of nitrogens with zero attached hydrogens (tertiary/aromatic N) is 1. The zero-order chi connectivity index (χ0) is 15.4. The molecule has 116 valence electrons. The highest BCUT2D eigenvalue weighted by molar-refractivity contribution is 5.75. The van der Waals surface area contributed by atoms with Crippen LogP contribution in [0, 0.1) is 0 Å². The number of likely N-dealkylation sites (tertiary alicyclic amines) is 1. The maximum absolute atomic E-state index is 11.2. The van der Waals surface area contributed by atoms with Gasteiger partial charge in [0.2, 0.25) is 0 Å². The molecule has 0 aromatic heterocycles. The van der Waals surface area contributed by atoms with Crippen LogP contribution in [0.1, 0.15) is 54.9 Å². The minimum atomic E-state index is -0.0805. The van der Waals surface area contributed by atoms with Crippen molar-refractivity contribution in [1.29, 1.82) is 0 Å². The van der Waals surface area contributed by atoms with Crippen LogP contribution in [-0.4, -0.2) is 24.3 Å². The fourth-order valence-electron chi connectivity index (χ4n) is 3.70. The first-order chi connectivity index (χ1) is 10.7. The molecule has 2 heteroatoms. The van der Waals surface area contributed by atoms with Crippen LogP contribution in [0.15, 0.2) is 48.1 Å². The monoisotopic (exact) mass is 295 g/mol. The summed E-state index contributed by atoms with van der Waals surface area (Å²) in [6.07, 6.45) is 14.1. The SMILES string of the molecule is CC1=CCC(c2cccc(C=O)c2)(N2CCCCCC2)C=C1. The molecule has 2 aliphatic rings. The average Bonchev–Trinajstić information content (AvgIpc) is 2.86. The lowest BCUT2D eigenvalue weighted by molar-refractivity contribution is 0.112. The van der Waals surface area contributed by atoms with Gasteiger partial charge in [0.15, 0.2) is 0 Å². The molecule has 1 saturated heterocycles. The van der Waals surface area contributed by atoms with Gasteiger partial charge in [0, 0.05) is 5.56 Å². The van der Waals surface area contributed by atoms with Gasteiger partial charge < -0.3 is 0 Å². The third-order valence-electron chi connectivity index (χ3n) is 5.05. The lowest BCUT2D eigenvalue weighted by Crippen LogP contribution is -2.46. The van der Waals surface area contributed by atoms with E-state index < -0.39 is 0 Å².